The third-order valence-electron chi connectivity index (χ3n) is 1.75. The minimum atomic E-state index is 0.148. The van der Waals surface area contributed by atoms with Gasteiger partial charge in [-0.25, -0.2) is 0 Å². The lowest BCUT2D eigenvalue weighted by atomic mass is 10.1. The summed E-state index contributed by atoms with van der Waals surface area (Å²) in [6.07, 6.45) is 0.148. The molecule has 0 aromatic heterocycles. The Morgan fingerprint density at radius 1 is 1.33 bits per heavy atom. The van der Waals surface area contributed by atoms with Crippen LogP contribution >= 0.6 is 0 Å². The van der Waals surface area contributed by atoms with Gasteiger partial charge in [0.05, 0.1) is 12.7 Å². The Morgan fingerprint density at radius 2 is 2.00 bits per heavy atom. The molecule has 0 aliphatic heterocycles. The highest BCUT2D eigenvalue weighted by Crippen LogP contribution is 2.14. The molecule has 0 saturated heterocycles. The molecule has 0 unspecified atom stereocenters. The maximum absolute atomic E-state index is 5.45. The predicted molar refractivity (Wildman–Crippen MR) is 49.9 cm³/mol. The van der Waals surface area contributed by atoms with Crippen molar-refractivity contribution in [3.8, 4) is 0 Å². The molecule has 1 atom stereocenters. The highest BCUT2D eigenvalue weighted by Gasteiger charge is 2.02. The first kappa shape index (κ1) is 9.23. The second kappa shape index (κ2) is 4.91. The smallest absolute Gasteiger partial charge is 0.0797 e. The number of rotatable bonds is 4. The zero-order valence-corrected chi connectivity index (χ0v) is 7.36. The molecule has 12 heavy (non-hydrogen) atoms. The maximum Gasteiger partial charge on any atom is 0.0797 e. The lowest BCUT2D eigenvalue weighted by molar-refractivity contribution is 0.0718. The predicted octanol–water partition coefficient (Wildman–Crippen LogP) is 1.72. The highest BCUT2D eigenvalue weighted by molar-refractivity contribution is 5.16. The molecule has 1 aromatic rings. The summed E-state index contributed by atoms with van der Waals surface area (Å²) in [6.45, 7) is 3.23. The van der Waals surface area contributed by atoms with Crippen LogP contribution in [0.15, 0.2) is 30.3 Å². The fourth-order valence-corrected chi connectivity index (χ4v) is 1.07. The van der Waals surface area contributed by atoms with Gasteiger partial charge >= 0.3 is 0 Å². The van der Waals surface area contributed by atoms with E-state index in [1.807, 2.05) is 25.1 Å². The second-order valence-corrected chi connectivity index (χ2v) is 2.71. The minimum Gasteiger partial charge on any atom is -0.373 e. The highest BCUT2D eigenvalue weighted by atomic mass is 16.5. The molecule has 0 fully saturated rings. The van der Waals surface area contributed by atoms with Crippen molar-refractivity contribution >= 4 is 0 Å². The monoisotopic (exact) mass is 165 g/mol. The van der Waals surface area contributed by atoms with Crippen molar-refractivity contribution in [2.45, 2.75) is 13.0 Å². The van der Waals surface area contributed by atoms with E-state index in [-0.39, 0.29) is 6.10 Å². The van der Waals surface area contributed by atoms with Gasteiger partial charge in [0.2, 0.25) is 0 Å². The Labute approximate surface area is 73.3 Å². The molecular weight excluding hydrogens is 150 g/mol. The van der Waals surface area contributed by atoms with Gasteiger partial charge in [0.15, 0.2) is 0 Å². The van der Waals surface area contributed by atoms with Crippen LogP contribution in [0.4, 0.5) is 0 Å². The van der Waals surface area contributed by atoms with E-state index < -0.39 is 0 Å². The van der Waals surface area contributed by atoms with Crippen LogP contribution in [-0.2, 0) is 4.74 Å². The molecular formula is C10H15NO. The van der Waals surface area contributed by atoms with Crippen LogP contribution in [-0.4, -0.2) is 13.2 Å². The Kier molecular flexibility index (Phi) is 3.77. The normalized spacial score (nSPS) is 12.8. The summed E-state index contributed by atoms with van der Waals surface area (Å²) in [5.41, 5.74) is 6.53. The first-order valence-corrected chi connectivity index (χ1v) is 4.21. The van der Waals surface area contributed by atoms with Gasteiger partial charge in [-0.15, -0.1) is 0 Å². The third kappa shape index (κ3) is 2.64. The van der Waals surface area contributed by atoms with Crippen molar-refractivity contribution in [2.24, 2.45) is 5.73 Å². The van der Waals surface area contributed by atoms with E-state index in [2.05, 4.69) is 12.1 Å². The van der Waals surface area contributed by atoms with E-state index in [1.165, 1.54) is 5.56 Å². The molecule has 0 spiro atoms. The molecule has 0 aliphatic rings. The van der Waals surface area contributed by atoms with Crippen LogP contribution < -0.4 is 5.73 Å². The van der Waals surface area contributed by atoms with Crippen molar-refractivity contribution in [3.05, 3.63) is 35.9 Å². The zero-order chi connectivity index (χ0) is 8.81. The van der Waals surface area contributed by atoms with E-state index in [0.29, 0.717) is 13.2 Å². The molecule has 1 aromatic carbocycles. The molecule has 2 nitrogen and oxygen atoms in total. The van der Waals surface area contributed by atoms with Gasteiger partial charge in [0.25, 0.3) is 0 Å². The molecule has 0 aliphatic carbocycles. The van der Waals surface area contributed by atoms with Crippen molar-refractivity contribution in [1.29, 1.82) is 0 Å². The maximum atomic E-state index is 5.45. The van der Waals surface area contributed by atoms with Gasteiger partial charge in [0, 0.05) is 6.54 Å². The van der Waals surface area contributed by atoms with Crippen LogP contribution in [0.3, 0.4) is 0 Å². The molecule has 0 bridgehead atoms. The fourth-order valence-electron chi connectivity index (χ4n) is 1.07. The molecule has 0 saturated carbocycles. The zero-order valence-electron chi connectivity index (χ0n) is 7.36. The molecule has 2 heteroatoms. The molecule has 0 radical (unpaired) electrons. The first-order chi connectivity index (χ1) is 5.84. The molecule has 66 valence electrons. The van der Waals surface area contributed by atoms with Crippen molar-refractivity contribution < 1.29 is 4.74 Å². The molecule has 0 heterocycles. The summed E-state index contributed by atoms with van der Waals surface area (Å²) >= 11 is 0. The van der Waals surface area contributed by atoms with Crippen LogP contribution in [0.5, 0.6) is 0 Å². The summed E-state index contributed by atoms with van der Waals surface area (Å²) in [5, 5.41) is 0. The van der Waals surface area contributed by atoms with Crippen LogP contribution in [0, 0.1) is 0 Å². The van der Waals surface area contributed by atoms with Gasteiger partial charge < -0.3 is 10.5 Å². The Balaban J connectivity index is 2.48. The van der Waals surface area contributed by atoms with Gasteiger partial charge in [-0.3, -0.25) is 0 Å². The summed E-state index contributed by atoms with van der Waals surface area (Å²) in [5.74, 6) is 0. The first-order valence-electron chi connectivity index (χ1n) is 4.21. The summed E-state index contributed by atoms with van der Waals surface area (Å²) in [6, 6.07) is 10.1. The largest absolute Gasteiger partial charge is 0.373 e. The Morgan fingerprint density at radius 3 is 2.58 bits per heavy atom. The van der Waals surface area contributed by atoms with E-state index in [9.17, 15) is 0 Å². The molecule has 2 N–H and O–H groups in total. The number of benzene rings is 1. The van der Waals surface area contributed by atoms with E-state index in [1.54, 1.807) is 0 Å². The van der Waals surface area contributed by atoms with Crippen LogP contribution in [0.1, 0.15) is 18.6 Å². The number of hydrogen-bond donors (Lipinski definition) is 1. The topological polar surface area (TPSA) is 35.2 Å². The minimum absolute atomic E-state index is 0.148. The number of nitrogens with two attached hydrogens (primary N) is 1. The summed E-state index contributed by atoms with van der Waals surface area (Å²) < 4.78 is 5.45. The third-order valence-corrected chi connectivity index (χ3v) is 1.75. The van der Waals surface area contributed by atoms with E-state index in [4.69, 9.17) is 10.5 Å². The summed E-state index contributed by atoms with van der Waals surface area (Å²) in [4.78, 5) is 0. The van der Waals surface area contributed by atoms with Crippen LogP contribution in [0.25, 0.3) is 0 Å². The lowest BCUT2D eigenvalue weighted by Gasteiger charge is -2.11. The number of ether oxygens (including phenoxy) is 1. The average Bonchev–Trinajstić information content (AvgIpc) is 2.15. The van der Waals surface area contributed by atoms with Gasteiger partial charge in [0.1, 0.15) is 0 Å². The van der Waals surface area contributed by atoms with E-state index >= 15 is 0 Å². The van der Waals surface area contributed by atoms with Gasteiger partial charge in [-0.2, -0.15) is 0 Å². The Bertz CT molecular complexity index is 210. The molecule has 1 rings (SSSR count). The fraction of sp³-hybridized carbons (Fsp3) is 0.400. The quantitative estimate of drug-likeness (QED) is 0.737. The molecule has 0 amide bonds. The van der Waals surface area contributed by atoms with E-state index in [0.717, 1.165) is 0 Å². The van der Waals surface area contributed by atoms with Crippen LogP contribution in [0.2, 0.25) is 0 Å². The number of hydrogen-bond acceptors (Lipinski definition) is 2. The lowest BCUT2D eigenvalue weighted by Crippen LogP contribution is -2.10. The SMILES string of the molecule is C[C@@H](OCCN)c1ccccc1. The summed E-state index contributed by atoms with van der Waals surface area (Å²) in [7, 11) is 0. The van der Waals surface area contributed by atoms with Gasteiger partial charge in [-0.1, -0.05) is 30.3 Å². The van der Waals surface area contributed by atoms with Crippen molar-refractivity contribution in [2.75, 3.05) is 13.2 Å². The van der Waals surface area contributed by atoms with Crippen molar-refractivity contribution in [3.63, 3.8) is 0 Å². The average molecular weight is 165 g/mol. The second-order valence-electron chi connectivity index (χ2n) is 2.71. The van der Waals surface area contributed by atoms with Crippen molar-refractivity contribution in [1.82, 2.24) is 0 Å². The standard InChI is InChI=1S/C10H15NO/c1-9(12-8-7-11)10-5-3-2-4-6-10/h2-6,9H,7-8,11H2,1H3/t9-/m1/s1. The van der Waals surface area contributed by atoms with Gasteiger partial charge in [-0.05, 0) is 12.5 Å². The Hall–Kier alpha value is -0.860.